The maximum absolute atomic E-state index is 12.3. The largest absolute Gasteiger partial charge is 0.380 e. The molecule has 0 bridgehead atoms. The summed E-state index contributed by atoms with van der Waals surface area (Å²) in [6, 6.07) is 1.54. The molecule has 2 nitrogen and oxygen atoms in total. The van der Waals surface area contributed by atoms with E-state index < -0.39 is 17.6 Å². The molecule has 0 aromatic carbocycles. The fourth-order valence-electron chi connectivity index (χ4n) is 0.838. The Morgan fingerprint density at radius 3 is 2.71 bits per heavy atom. The molecule has 76 valence electrons. The molecule has 0 N–H and O–H groups in total. The van der Waals surface area contributed by atoms with E-state index >= 15 is 0 Å². The highest BCUT2D eigenvalue weighted by Crippen LogP contribution is 2.22. The van der Waals surface area contributed by atoms with Crippen LogP contribution in [0.4, 0.5) is 8.78 Å². The Morgan fingerprint density at radius 1 is 1.57 bits per heavy atom. The van der Waals surface area contributed by atoms with Gasteiger partial charge in [0.1, 0.15) is 0 Å². The summed E-state index contributed by atoms with van der Waals surface area (Å²) in [4.78, 5) is 14.6. The summed E-state index contributed by atoms with van der Waals surface area (Å²) in [7, 11) is 0. The summed E-state index contributed by atoms with van der Waals surface area (Å²) in [5, 5.41) is -3.80. The van der Waals surface area contributed by atoms with Gasteiger partial charge in [0, 0.05) is 23.3 Å². The first-order valence-electron chi connectivity index (χ1n) is 3.59. The zero-order valence-corrected chi connectivity index (χ0v) is 9.15. The van der Waals surface area contributed by atoms with Gasteiger partial charge in [0.05, 0.1) is 0 Å². The van der Waals surface area contributed by atoms with E-state index in [2.05, 4.69) is 32.5 Å². The second-order valence-corrected chi connectivity index (χ2v) is 4.00. The second kappa shape index (κ2) is 4.31. The van der Waals surface area contributed by atoms with Gasteiger partial charge >= 0.3 is 5.38 Å². The topological polar surface area (TPSA) is 30.0 Å². The van der Waals surface area contributed by atoms with Gasteiger partial charge in [-0.3, -0.25) is 9.78 Å². The van der Waals surface area contributed by atoms with Crippen LogP contribution in [-0.4, -0.2) is 16.1 Å². The van der Waals surface area contributed by atoms with E-state index in [4.69, 9.17) is 0 Å². The van der Waals surface area contributed by atoms with Gasteiger partial charge in [-0.2, -0.15) is 8.78 Å². The lowest BCUT2D eigenvalue weighted by Gasteiger charge is -2.05. The van der Waals surface area contributed by atoms with Crippen LogP contribution in [0.1, 0.15) is 5.56 Å². The summed E-state index contributed by atoms with van der Waals surface area (Å²) in [6.07, 6.45) is 2.40. The Balaban J connectivity index is 2.75. The maximum atomic E-state index is 12.3. The van der Waals surface area contributed by atoms with E-state index in [1.807, 2.05) is 0 Å². The van der Waals surface area contributed by atoms with Crippen LogP contribution in [0, 0.1) is 0 Å². The number of Topliss-reactive ketones (excluding diaryl/α,β-unsaturated/α-hetero) is 1. The summed E-state index contributed by atoms with van der Waals surface area (Å²) in [5.41, 5.74) is 0.393. The van der Waals surface area contributed by atoms with Gasteiger partial charge in [0.15, 0.2) is 0 Å². The highest BCUT2D eigenvalue weighted by Gasteiger charge is 2.34. The molecule has 0 spiro atoms. The van der Waals surface area contributed by atoms with Crippen LogP contribution in [0.25, 0.3) is 0 Å². The number of aromatic nitrogens is 1. The number of alkyl halides is 3. The molecule has 1 rings (SSSR count). The summed E-state index contributed by atoms with van der Waals surface area (Å²) in [6.45, 7) is 0. The number of carbonyl (C=O) groups is 1. The van der Waals surface area contributed by atoms with Crippen molar-refractivity contribution in [3.8, 4) is 0 Å². The maximum Gasteiger partial charge on any atom is 0.380 e. The van der Waals surface area contributed by atoms with Gasteiger partial charge in [-0.15, -0.1) is 0 Å². The predicted molar refractivity (Wildman–Crippen MR) is 51.4 cm³/mol. The highest BCUT2D eigenvalue weighted by molar-refractivity contribution is 9.10. The van der Waals surface area contributed by atoms with Crippen molar-refractivity contribution in [1.82, 2.24) is 4.98 Å². The number of hydrogen-bond acceptors (Lipinski definition) is 2. The van der Waals surface area contributed by atoms with Crippen LogP contribution in [0.2, 0.25) is 0 Å². The van der Waals surface area contributed by atoms with Crippen molar-refractivity contribution < 1.29 is 13.6 Å². The average molecular weight is 284 g/mol. The van der Waals surface area contributed by atoms with E-state index in [-0.39, 0.29) is 0 Å². The number of hydrogen-bond donors (Lipinski definition) is 0. The van der Waals surface area contributed by atoms with Gasteiger partial charge in [-0.05, 0) is 39.2 Å². The first-order chi connectivity index (χ1) is 6.39. The standard InChI is InChI=1S/C8H5BrClF2NO/c9-6-1-5(3-13-4-6)2-7(14)8(10,11)12/h1,3-4H,2H2. The van der Waals surface area contributed by atoms with Gasteiger partial charge < -0.3 is 0 Å². The molecule has 0 saturated heterocycles. The van der Waals surface area contributed by atoms with Crippen LogP contribution >= 0.6 is 27.5 Å². The van der Waals surface area contributed by atoms with Gasteiger partial charge in [0.25, 0.3) is 0 Å². The van der Waals surface area contributed by atoms with Crippen molar-refractivity contribution in [3.63, 3.8) is 0 Å². The number of halogens is 4. The van der Waals surface area contributed by atoms with Crippen molar-refractivity contribution >= 4 is 33.3 Å². The Morgan fingerprint density at radius 2 is 2.21 bits per heavy atom. The molecule has 0 amide bonds. The van der Waals surface area contributed by atoms with E-state index in [1.54, 1.807) is 0 Å². The van der Waals surface area contributed by atoms with Crippen molar-refractivity contribution in [2.45, 2.75) is 11.8 Å². The lowest BCUT2D eigenvalue weighted by Crippen LogP contribution is -2.23. The van der Waals surface area contributed by atoms with E-state index in [9.17, 15) is 13.6 Å². The molecule has 0 saturated carbocycles. The molecule has 0 aliphatic rings. The van der Waals surface area contributed by atoms with Crippen LogP contribution < -0.4 is 0 Å². The third-order valence-electron chi connectivity index (χ3n) is 1.44. The fraction of sp³-hybridized carbons (Fsp3) is 0.250. The molecule has 1 heterocycles. The van der Waals surface area contributed by atoms with Crippen LogP contribution in [0.5, 0.6) is 0 Å². The molecule has 0 aliphatic carbocycles. The Labute approximate surface area is 92.4 Å². The first-order valence-corrected chi connectivity index (χ1v) is 4.76. The minimum atomic E-state index is -3.80. The lowest BCUT2D eigenvalue weighted by molar-refractivity contribution is -0.132. The van der Waals surface area contributed by atoms with Crippen molar-refractivity contribution in [1.29, 1.82) is 0 Å². The number of rotatable bonds is 3. The Hall–Kier alpha value is -0.550. The summed E-state index contributed by atoms with van der Waals surface area (Å²) in [5.74, 6) is -1.33. The zero-order valence-electron chi connectivity index (χ0n) is 6.81. The minimum absolute atomic E-state index is 0.393. The molecule has 0 radical (unpaired) electrons. The number of ketones is 1. The monoisotopic (exact) mass is 283 g/mol. The van der Waals surface area contributed by atoms with Gasteiger partial charge in [-0.25, -0.2) is 0 Å². The molecule has 1 aromatic rings. The third-order valence-corrected chi connectivity index (χ3v) is 2.09. The third kappa shape index (κ3) is 3.31. The van der Waals surface area contributed by atoms with E-state index in [0.29, 0.717) is 10.0 Å². The summed E-state index contributed by atoms with van der Waals surface area (Å²) >= 11 is 7.67. The smallest absolute Gasteiger partial charge is 0.291 e. The van der Waals surface area contributed by atoms with E-state index in [0.717, 1.165) is 0 Å². The van der Waals surface area contributed by atoms with Crippen molar-refractivity contribution in [3.05, 3.63) is 28.5 Å². The summed E-state index contributed by atoms with van der Waals surface area (Å²) < 4.78 is 25.2. The number of carbonyl (C=O) groups excluding carboxylic acids is 1. The van der Waals surface area contributed by atoms with Gasteiger partial charge in [-0.1, -0.05) is 0 Å². The fourth-order valence-corrected chi connectivity index (χ4v) is 1.32. The Bertz CT molecular complexity index is 353. The normalized spacial score (nSPS) is 11.4. The van der Waals surface area contributed by atoms with Crippen molar-refractivity contribution in [2.24, 2.45) is 0 Å². The number of nitrogens with zero attached hydrogens (tertiary/aromatic N) is 1. The zero-order chi connectivity index (χ0) is 10.8. The highest BCUT2D eigenvalue weighted by atomic mass is 79.9. The predicted octanol–water partition coefficient (Wildman–Crippen LogP) is 2.79. The van der Waals surface area contributed by atoms with E-state index in [1.165, 1.54) is 18.5 Å². The van der Waals surface area contributed by atoms with Crippen molar-refractivity contribution in [2.75, 3.05) is 0 Å². The molecule has 0 fully saturated rings. The second-order valence-electron chi connectivity index (χ2n) is 2.61. The molecule has 14 heavy (non-hydrogen) atoms. The molecule has 0 unspecified atom stereocenters. The molecule has 1 aromatic heterocycles. The van der Waals surface area contributed by atoms with Crippen LogP contribution in [0.15, 0.2) is 22.9 Å². The Kier molecular flexibility index (Phi) is 3.55. The first kappa shape index (κ1) is 11.5. The molecule has 0 aliphatic heterocycles. The average Bonchev–Trinajstić information content (AvgIpc) is 2.02. The molecule has 6 heteroatoms. The number of pyridine rings is 1. The van der Waals surface area contributed by atoms with Crippen LogP contribution in [-0.2, 0) is 11.2 Å². The molecular weight excluding hydrogens is 279 g/mol. The minimum Gasteiger partial charge on any atom is -0.291 e. The van der Waals surface area contributed by atoms with Crippen LogP contribution in [0.3, 0.4) is 0 Å². The SMILES string of the molecule is O=C(Cc1cncc(Br)c1)C(F)(F)Cl. The molecule has 0 atom stereocenters. The van der Waals surface area contributed by atoms with Gasteiger partial charge in [0.2, 0.25) is 5.78 Å². The molecular formula is C8H5BrClF2NO. The lowest BCUT2D eigenvalue weighted by atomic mass is 10.1. The quantitative estimate of drug-likeness (QED) is 0.799.